The van der Waals surface area contributed by atoms with Gasteiger partial charge >= 0.3 is 0 Å². The van der Waals surface area contributed by atoms with Crippen LogP contribution < -0.4 is 4.74 Å². The molecule has 2 atom stereocenters. The van der Waals surface area contributed by atoms with Crippen molar-refractivity contribution in [1.82, 2.24) is 0 Å². The Balaban J connectivity index is 2.16. The van der Waals surface area contributed by atoms with Crippen molar-refractivity contribution in [3.63, 3.8) is 0 Å². The van der Waals surface area contributed by atoms with Crippen molar-refractivity contribution in [3.8, 4) is 5.75 Å². The highest BCUT2D eigenvalue weighted by Crippen LogP contribution is 2.58. The van der Waals surface area contributed by atoms with Crippen LogP contribution in [0.3, 0.4) is 0 Å². The van der Waals surface area contributed by atoms with Gasteiger partial charge in [-0.2, -0.15) is 0 Å². The summed E-state index contributed by atoms with van der Waals surface area (Å²) in [5.41, 5.74) is -0.574. The van der Waals surface area contributed by atoms with E-state index >= 15 is 0 Å². The average Bonchev–Trinajstić information content (AvgIpc) is 2.68. The maximum absolute atomic E-state index is 10.3. The topological polar surface area (TPSA) is 29.5 Å². The molecule has 0 aliphatic heterocycles. The van der Waals surface area contributed by atoms with Crippen molar-refractivity contribution in [2.75, 3.05) is 7.11 Å². The first-order valence-corrected chi connectivity index (χ1v) is 5.94. The van der Waals surface area contributed by atoms with Gasteiger partial charge in [-0.15, -0.1) is 11.3 Å². The lowest BCUT2D eigenvalue weighted by Crippen LogP contribution is -2.07. The van der Waals surface area contributed by atoms with E-state index in [0.29, 0.717) is 5.92 Å². The summed E-state index contributed by atoms with van der Waals surface area (Å²) in [6, 6.07) is 1.93. The SMILES string of the molecule is CCCC1CC1(O)c1sccc1OC. The minimum Gasteiger partial charge on any atom is -0.495 e. The monoisotopic (exact) mass is 212 g/mol. The van der Waals surface area contributed by atoms with E-state index in [1.54, 1.807) is 18.4 Å². The van der Waals surface area contributed by atoms with Gasteiger partial charge in [0.05, 0.1) is 12.0 Å². The first kappa shape index (κ1) is 9.99. The van der Waals surface area contributed by atoms with Gasteiger partial charge < -0.3 is 9.84 Å². The highest BCUT2D eigenvalue weighted by Gasteiger charge is 2.55. The molecule has 0 bridgehead atoms. The van der Waals surface area contributed by atoms with Crippen molar-refractivity contribution in [1.29, 1.82) is 0 Å². The molecule has 3 heteroatoms. The largest absolute Gasteiger partial charge is 0.495 e. The molecule has 1 aliphatic rings. The third-order valence-corrected chi connectivity index (χ3v) is 4.01. The predicted octanol–water partition coefficient (Wildman–Crippen LogP) is 2.76. The molecule has 2 unspecified atom stereocenters. The van der Waals surface area contributed by atoms with Crippen LogP contribution in [-0.4, -0.2) is 12.2 Å². The molecule has 1 aromatic rings. The van der Waals surface area contributed by atoms with Crippen LogP contribution in [0.1, 0.15) is 31.1 Å². The van der Waals surface area contributed by atoms with E-state index in [4.69, 9.17) is 4.74 Å². The molecule has 2 rings (SSSR count). The van der Waals surface area contributed by atoms with E-state index in [1.165, 1.54) is 0 Å². The summed E-state index contributed by atoms with van der Waals surface area (Å²) in [7, 11) is 1.66. The Morgan fingerprint density at radius 2 is 2.50 bits per heavy atom. The second kappa shape index (κ2) is 3.55. The van der Waals surface area contributed by atoms with Crippen molar-refractivity contribution < 1.29 is 9.84 Å². The minimum absolute atomic E-state index is 0.444. The zero-order valence-electron chi connectivity index (χ0n) is 8.62. The summed E-state index contributed by atoms with van der Waals surface area (Å²) in [6.45, 7) is 2.16. The minimum atomic E-state index is -0.574. The zero-order chi connectivity index (χ0) is 10.2. The fraction of sp³-hybridized carbons (Fsp3) is 0.636. The Hall–Kier alpha value is -0.540. The molecular formula is C11H16O2S. The van der Waals surface area contributed by atoms with Crippen LogP contribution in [0.2, 0.25) is 0 Å². The Bertz CT molecular complexity index is 321. The second-order valence-electron chi connectivity index (χ2n) is 3.93. The van der Waals surface area contributed by atoms with Gasteiger partial charge in [0.2, 0.25) is 0 Å². The number of ether oxygens (including phenoxy) is 1. The van der Waals surface area contributed by atoms with Crippen LogP contribution in [0, 0.1) is 5.92 Å². The number of rotatable bonds is 4. The molecule has 1 aliphatic carbocycles. The number of thiophene rings is 1. The number of methoxy groups -OCH3 is 1. The van der Waals surface area contributed by atoms with Gasteiger partial charge in [-0.3, -0.25) is 0 Å². The molecule has 14 heavy (non-hydrogen) atoms. The lowest BCUT2D eigenvalue weighted by molar-refractivity contribution is 0.129. The molecule has 0 saturated heterocycles. The standard InChI is InChI=1S/C11H16O2S/c1-3-4-8-7-11(8,12)10-9(13-2)5-6-14-10/h5-6,8,12H,3-4,7H2,1-2H3. The number of hydrogen-bond acceptors (Lipinski definition) is 3. The first-order valence-electron chi connectivity index (χ1n) is 5.06. The van der Waals surface area contributed by atoms with Crippen LogP contribution >= 0.6 is 11.3 Å². The summed E-state index contributed by atoms with van der Waals surface area (Å²) in [6.07, 6.45) is 3.15. The van der Waals surface area contributed by atoms with E-state index in [0.717, 1.165) is 29.9 Å². The lowest BCUT2D eigenvalue weighted by atomic mass is 10.1. The van der Waals surface area contributed by atoms with Gasteiger partial charge in [-0.25, -0.2) is 0 Å². The van der Waals surface area contributed by atoms with Crippen LogP contribution in [0.15, 0.2) is 11.4 Å². The van der Waals surface area contributed by atoms with Crippen molar-refractivity contribution in [3.05, 3.63) is 16.3 Å². The highest BCUT2D eigenvalue weighted by atomic mass is 32.1. The summed E-state index contributed by atoms with van der Waals surface area (Å²) in [4.78, 5) is 1.01. The Morgan fingerprint density at radius 3 is 3.14 bits per heavy atom. The molecule has 78 valence electrons. The molecule has 1 aromatic heterocycles. The predicted molar refractivity (Wildman–Crippen MR) is 57.8 cm³/mol. The molecule has 1 heterocycles. The summed E-state index contributed by atoms with van der Waals surface area (Å²) in [5.74, 6) is 1.29. The summed E-state index contributed by atoms with van der Waals surface area (Å²) >= 11 is 1.60. The molecule has 0 spiro atoms. The first-order chi connectivity index (χ1) is 6.72. The van der Waals surface area contributed by atoms with Crippen LogP contribution in [0.25, 0.3) is 0 Å². The quantitative estimate of drug-likeness (QED) is 0.831. The zero-order valence-corrected chi connectivity index (χ0v) is 9.43. The maximum atomic E-state index is 10.3. The number of hydrogen-bond donors (Lipinski definition) is 1. The Morgan fingerprint density at radius 1 is 1.71 bits per heavy atom. The normalized spacial score (nSPS) is 30.4. The van der Waals surface area contributed by atoms with E-state index in [-0.39, 0.29) is 0 Å². The van der Waals surface area contributed by atoms with Crippen LogP contribution in [-0.2, 0) is 5.60 Å². The van der Waals surface area contributed by atoms with E-state index in [1.807, 2.05) is 11.4 Å². The second-order valence-corrected chi connectivity index (χ2v) is 4.85. The average molecular weight is 212 g/mol. The molecule has 1 N–H and O–H groups in total. The van der Waals surface area contributed by atoms with Crippen LogP contribution in [0.5, 0.6) is 5.75 Å². The van der Waals surface area contributed by atoms with Gasteiger partial charge in [0, 0.05) is 0 Å². The van der Waals surface area contributed by atoms with Crippen molar-refractivity contribution in [2.45, 2.75) is 31.8 Å². The molecule has 1 saturated carbocycles. The molecule has 0 radical (unpaired) electrons. The van der Waals surface area contributed by atoms with Gasteiger partial charge in [0.1, 0.15) is 11.4 Å². The number of aliphatic hydroxyl groups is 1. The van der Waals surface area contributed by atoms with E-state index in [2.05, 4.69) is 6.92 Å². The fourth-order valence-corrected chi connectivity index (χ4v) is 3.11. The highest BCUT2D eigenvalue weighted by molar-refractivity contribution is 7.10. The molecule has 0 amide bonds. The smallest absolute Gasteiger partial charge is 0.135 e. The van der Waals surface area contributed by atoms with Gasteiger partial charge in [0.15, 0.2) is 0 Å². The van der Waals surface area contributed by atoms with Crippen molar-refractivity contribution in [2.24, 2.45) is 5.92 Å². The molecule has 2 nitrogen and oxygen atoms in total. The third kappa shape index (κ3) is 1.44. The third-order valence-electron chi connectivity index (χ3n) is 2.95. The van der Waals surface area contributed by atoms with Gasteiger partial charge in [-0.05, 0) is 30.2 Å². The lowest BCUT2D eigenvalue weighted by Gasteiger charge is -2.10. The van der Waals surface area contributed by atoms with Gasteiger partial charge in [-0.1, -0.05) is 13.3 Å². The molecule has 0 aromatic carbocycles. The maximum Gasteiger partial charge on any atom is 0.135 e. The summed E-state index contributed by atoms with van der Waals surface area (Å²) < 4.78 is 5.23. The van der Waals surface area contributed by atoms with E-state index in [9.17, 15) is 5.11 Å². The molecular weight excluding hydrogens is 196 g/mol. The fourth-order valence-electron chi connectivity index (χ4n) is 2.06. The molecule has 1 fully saturated rings. The Kier molecular flexibility index (Phi) is 2.54. The van der Waals surface area contributed by atoms with Gasteiger partial charge in [0.25, 0.3) is 0 Å². The van der Waals surface area contributed by atoms with E-state index < -0.39 is 5.60 Å². The Labute approximate surface area is 88.5 Å². The van der Waals surface area contributed by atoms with Crippen molar-refractivity contribution >= 4 is 11.3 Å². The van der Waals surface area contributed by atoms with Crippen LogP contribution in [0.4, 0.5) is 0 Å². The summed E-state index contributed by atoms with van der Waals surface area (Å²) in [5, 5.41) is 12.3.